The van der Waals surface area contributed by atoms with Crippen molar-refractivity contribution in [2.45, 2.75) is 13.8 Å². The third-order valence-electron chi connectivity index (χ3n) is 3.51. The van der Waals surface area contributed by atoms with Gasteiger partial charge in [0.05, 0.1) is 18.4 Å². The summed E-state index contributed by atoms with van der Waals surface area (Å²) in [6.45, 7) is 4.52. The maximum atomic E-state index is 12.5. The topological polar surface area (TPSA) is 97.4 Å². The van der Waals surface area contributed by atoms with Crippen molar-refractivity contribution in [2.24, 2.45) is 5.92 Å². The quantitative estimate of drug-likeness (QED) is 0.776. The normalized spacial score (nSPS) is 10.3. The predicted molar refractivity (Wildman–Crippen MR) is 97.1 cm³/mol. The van der Waals surface area contributed by atoms with Crippen LogP contribution in [0.4, 0.5) is 5.69 Å². The zero-order valence-corrected chi connectivity index (χ0v) is 14.9. The Hall–Kier alpha value is -3.22. The standard InChI is InChI=1S/C19H21N3O4/c1-12(2)11-21-17(23)13-8-9-20-16(10-13)18(24)22-15-7-5-4-6-14(15)19(25)26-3/h4-10,12H,11H2,1-3H3,(H,21,23)(H,22,24). The number of ether oxygens (including phenoxy) is 1. The minimum atomic E-state index is -0.560. The summed E-state index contributed by atoms with van der Waals surface area (Å²) >= 11 is 0. The van der Waals surface area contributed by atoms with E-state index in [9.17, 15) is 14.4 Å². The average Bonchev–Trinajstić information content (AvgIpc) is 2.65. The van der Waals surface area contributed by atoms with Crippen LogP contribution in [0.5, 0.6) is 0 Å². The van der Waals surface area contributed by atoms with Gasteiger partial charge in [0.25, 0.3) is 11.8 Å². The van der Waals surface area contributed by atoms with E-state index in [0.717, 1.165) is 0 Å². The fourth-order valence-corrected chi connectivity index (χ4v) is 2.16. The molecule has 1 heterocycles. The summed E-state index contributed by atoms with van der Waals surface area (Å²) in [6, 6.07) is 9.43. The van der Waals surface area contributed by atoms with Crippen LogP contribution < -0.4 is 10.6 Å². The largest absolute Gasteiger partial charge is 0.465 e. The second kappa shape index (κ2) is 8.75. The van der Waals surface area contributed by atoms with Gasteiger partial charge < -0.3 is 15.4 Å². The molecule has 1 aromatic heterocycles. The number of methoxy groups -OCH3 is 1. The molecule has 1 aromatic carbocycles. The van der Waals surface area contributed by atoms with E-state index in [4.69, 9.17) is 4.74 Å². The molecule has 7 heteroatoms. The number of para-hydroxylation sites is 1. The summed E-state index contributed by atoms with van der Waals surface area (Å²) < 4.78 is 4.70. The number of hydrogen-bond donors (Lipinski definition) is 2. The number of carbonyl (C=O) groups is 3. The van der Waals surface area contributed by atoms with Crippen LogP contribution in [-0.4, -0.2) is 36.4 Å². The van der Waals surface area contributed by atoms with E-state index in [1.54, 1.807) is 24.3 Å². The average molecular weight is 355 g/mol. The third-order valence-corrected chi connectivity index (χ3v) is 3.51. The Morgan fingerprint density at radius 2 is 1.85 bits per heavy atom. The second-order valence-corrected chi connectivity index (χ2v) is 6.02. The van der Waals surface area contributed by atoms with Crippen LogP contribution >= 0.6 is 0 Å². The summed E-state index contributed by atoms with van der Waals surface area (Å²) in [6.07, 6.45) is 1.39. The highest BCUT2D eigenvalue weighted by Crippen LogP contribution is 2.17. The highest BCUT2D eigenvalue weighted by Gasteiger charge is 2.16. The van der Waals surface area contributed by atoms with Gasteiger partial charge in [0.15, 0.2) is 0 Å². The lowest BCUT2D eigenvalue weighted by Crippen LogP contribution is -2.27. The van der Waals surface area contributed by atoms with Crippen molar-refractivity contribution in [2.75, 3.05) is 19.0 Å². The van der Waals surface area contributed by atoms with E-state index in [1.165, 1.54) is 25.4 Å². The molecule has 0 atom stereocenters. The first-order chi connectivity index (χ1) is 12.4. The van der Waals surface area contributed by atoms with Crippen molar-refractivity contribution < 1.29 is 19.1 Å². The molecule has 0 saturated heterocycles. The van der Waals surface area contributed by atoms with Gasteiger partial charge in [-0.3, -0.25) is 14.6 Å². The van der Waals surface area contributed by atoms with Crippen molar-refractivity contribution in [3.05, 3.63) is 59.4 Å². The second-order valence-electron chi connectivity index (χ2n) is 6.02. The van der Waals surface area contributed by atoms with Gasteiger partial charge in [0.1, 0.15) is 5.69 Å². The third kappa shape index (κ3) is 4.89. The van der Waals surface area contributed by atoms with Crippen LogP contribution in [-0.2, 0) is 4.74 Å². The van der Waals surface area contributed by atoms with Gasteiger partial charge in [0.2, 0.25) is 0 Å². The molecule has 0 aliphatic rings. The zero-order chi connectivity index (χ0) is 19.1. The van der Waals surface area contributed by atoms with Crippen molar-refractivity contribution in [3.63, 3.8) is 0 Å². The first-order valence-corrected chi connectivity index (χ1v) is 8.15. The molecule has 2 amide bonds. The fraction of sp³-hybridized carbons (Fsp3) is 0.263. The molecular weight excluding hydrogens is 334 g/mol. The molecule has 0 fully saturated rings. The first kappa shape index (κ1) is 19.1. The number of benzene rings is 1. The maximum absolute atomic E-state index is 12.5. The van der Waals surface area contributed by atoms with E-state index in [2.05, 4.69) is 15.6 Å². The van der Waals surface area contributed by atoms with Crippen LogP contribution in [0.25, 0.3) is 0 Å². The molecule has 0 radical (unpaired) electrons. The highest BCUT2D eigenvalue weighted by atomic mass is 16.5. The molecule has 2 rings (SSSR count). The maximum Gasteiger partial charge on any atom is 0.339 e. The van der Waals surface area contributed by atoms with Gasteiger partial charge in [-0.05, 0) is 30.2 Å². The molecule has 2 aromatic rings. The molecule has 0 unspecified atom stereocenters. The monoisotopic (exact) mass is 355 g/mol. The van der Waals surface area contributed by atoms with Crippen molar-refractivity contribution >= 4 is 23.5 Å². The number of rotatable bonds is 6. The molecular formula is C19H21N3O4. The van der Waals surface area contributed by atoms with Gasteiger partial charge in [-0.1, -0.05) is 26.0 Å². The van der Waals surface area contributed by atoms with Crippen LogP contribution in [0, 0.1) is 5.92 Å². The summed E-state index contributed by atoms with van der Waals surface area (Å²) in [4.78, 5) is 40.4. The molecule has 7 nitrogen and oxygen atoms in total. The predicted octanol–water partition coefficient (Wildman–Crippen LogP) is 2.51. The molecule has 26 heavy (non-hydrogen) atoms. The number of aromatic nitrogens is 1. The van der Waals surface area contributed by atoms with Gasteiger partial charge in [-0.25, -0.2) is 4.79 Å². The molecule has 0 aliphatic heterocycles. The summed E-state index contributed by atoms with van der Waals surface area (Å²) in [5, 5.41) is 5.41. The Bertz CT molecular complexity index is 818. The number of pyridine rings is 1. The van der Waals surface area contributed by atoms with E-state index in [-0.39, 0.29) is 17.2 Å². The highest BCUT2D eigenvalue weighted by molar-refractivity contribution is 6.08. The molecule has 2 N–H and O–H groups in total. The number of hydrogen-bond acceptors (Lipinski definition) is 5. The summed E-state index contributed by atoms with van der Waals surface area (Å²) in [5.41, 5.74) is 0.948. The van der Waals surface area contributed by atoms with Gasteiger partial charge in [-0.2, -0.15) is 0 Å². The molecule has 0 spiro atoms. The lowest BCUT2D eigenvalue weighted by atomic mass is 10.1. The van der Waals surface area contributed by atoms with Crippen LogP contribution in [0.2, 0.25) is 0 Å². The van der Waals surface area contributed by atoms with Crippen molar-refractivity contribution in [1.29, 1.82) is 0 Å². The number of anilines is 1. The van der Waals surface area contributed by atoms with Crippen LogP contribution in [0.15, 0.2) is 42.6 Å². The molecule has 136 valence electrons. The van der Waals surface area contributed by atoms with Crippen LogP contribution in [0.3, 0.4) is 0 Å². The van der Waals surface area contributed by atoms with Crippen molar-refractivity contribution in [1.82, 2.24) is 10.3 Å². The SMILES string of the molecule is COC(=O)c1ccccc1NC(=O)c1cc(C(=O)NCC(C)C)ccn1. The molecule has 0 saturated carbocycles. The number of nitrogens with zero attached hydrogens (tertiary/aromatic N) is 1. The van der Waals surface area contributed by atoms with E-state index >= 15 is 0 Å². The number of esters is 1. The summed E-state index contributed by atoms with van der Waals surface area (Å²) in [7, 11) is 1.27. The Labute approximate surface area is 151 Å². The number of nitrogens with one attached hydrogen (secondary N) is 2. The van der Waals surface area contributed by atoms with E-state index in [1.807, 2.05) is 13.8 Å². The molecule has 0 aliphatic carbocycles. The van der Waals surface area contributed by atoms with Gasteiger partial charge >= 0.3 is 5.97 Å². The lowest BCUT2D eigenvalue weighted by molar-refractivity contribution is 0.0601. The zero-order valence-electron chi connectivity index (χ0n) is 14.9. The molecule has 0 bridgehead atoms. The minimum absolute atomic E-state index is 0.0712. The smallest absolute Gasteiger partial charge is 0.339 e. The van der Waals surface area contributed by atoms with Gasteiger partial charge in [0, 0.05) is 18.3 Å². The fourth-order valence-electron chi connectivity index (χ4n) is 2.16. The van der Waals surface area contributed by atoms with Crippen LogP contribution in [0.1, 0.15) is 45.1 Å². The number of carbonyl (C=O) groups excluding carboxylic acids is 3. The van der Waals surface area contributed by atoms with Crippen molar-refractivity contribution in [3.8, 4) is 0 Å². The Kier molecular flexibility index (Phi) is 6.43. The Morgan fingerprint density at radius 3 is 2.54 bits per heavy atom. The lowest BCUT2D eigenvalue weighted by Gasteiger charge is -2.10. The summed E-state index contributed by atoms with van der Waals surface area (Å²) in [5.74, 6) is -1.04. The van der Waals surface area contributed by atoms with E-state index < -0.39 is 11.9 Å². The number of amides is 2. The first-order valence-electron chi connectivity index (χ1n) is 8.15. The minimum Gasteiger partial charge on any atom is -0.465 e. The van der Waals surface area contributed by atoms with Gasteiger partial charge in [-0.15, -0.1) is 0 Å². The Morgan fingerprint density at radius 1 is 1.12 bits per heavy atom. The van der Waals surface area contributed by atoms with E-state index in [0.29, 0.717) is 23.7 Å². The Balaban J connectivity index is 2.17.